The second kappa shape index (κ2) is 6.89. The van der Waals surface area contributed by atoms with Gasteiger partial charge in [-0.2, -0.15) is 5.10 Å². The zero-order valence-corrected chi connectivity index (χ0v) is 13.6. The number of aryl methyl sites for hydroxylation is 1. The maximum absolute atomic E-state index is 6.32. The summed E-state index contributed by atoms with van der Waals surface area (Å²) in [6, 6.07) is 0. The summed E-state index contributed by atoms with van der Waals surface area (Å²) < 4.78 is 7.49. The van der Waals surface area contributed by atoms with Crippen LogP contribution in [0.3, 0.4) is 0 Å². The van der Waals surface area contributed by atoms with E-state index in [1.165, 1.54) is 0 Å². The fourth-order valence-corrected chi connectivity index (χ4v) is 2.74. The van der Waals surface area contributed by atoms with Crippen LogP contribution in [0.15, 0.2) is 0 Å². The van der Waals surface area contributed by atoms with Gasteiger partial charge in [0.05, 0.1) is 18.4 Å². The Morgan fingerprint density at radius 1 is 1.45 bits per heavy atom. The molecular weight excluding hydrogens is 276 g/mol. The van der Waals surface area contributed by atoms with E-state index in [0.717, 1.165) is 49.2 Å². The van der Waals surface area contributed by atoms with Gasteiger partial charge in [0.2, 0.25) is 0 Å². The monoisotopic (exact) mass is 300 g/mol. The Bertz CT molecular complexity index is 447. The van der Waals surface area contributed by atoms with Crippen LogP contribution in [0, 0.1) is 0 Å². The molecule has 0 aromatic carbocycles. The molecule has 2 heterocycles. The smallest absolute Gasteiger partial charge is 0.131 e. The van der Waals surface area contributed by atoms with Gasteiger partial charge in [0.1, 0.15) is 5.15 Å². The number of hydrogen-bond acceptors (Lipinski definition) is 4. The van der Waals surface area contributed by atoms with Gasteiger partial charge >= 0.3 is 0 Å². The van der Waals surface area contributed by atoms with E-state index in [0.29, 0.717) is 5.92 Å². The molecule has 20 heavy (non-hydrogen) atoms. The van der Waals surface area contributed by atoms with Crippen LogP contribution in [0.4, 0.5) is 0 Å². The van der Waals surface area contributed by atoms with Gasteiger partial charge in [-0.05, 0) is 13.0 Å². The molecule has 0 bridgehead atoms. The number of likely N-dealkylation sites (N-methyl/N-ethyl adjacent to an activating group) is 1. The summed E-state index contributed by atoms with van der Waals surface area (Å²) >= 11 is 6.32. The zero-order chi connectivity index (χ0) is 14.7. The number of aromatic nitrogens is 2. The highest BCUT2D eigenvalue weighted by atomic mass is 35.5. The molecule has 0 saturated carbocycles. The molecule has 0 aliphatic carbocycles. The molecule has 1 saturated heterocycles. The lowest BCUT2D eigenvalue weighted by atomic mass is 10.1. The maximum atomic E-state index is 6.32. The second-order valence-corrected chi connectivity index (χ2v) is 6.18. The van der Waals surface area contributed by atoms with Crippen LogP contribution in [-0.4, -0.2) is 54.1 Å². The molecule has 114 valence electrons. The molecule has 1 N–H and O–H groups in total. The number of ether oxygens (including phenoxy) is 1. The Kier molecular flexibility index (Phi) is 5.43. The minimum atomic E-state index is 0.256. The van der Waals surface area contributed by atoms with Crippen molar-refractivity contribution in [3.63, 3.8) is 0 Å². The van der Waals surface area contributed by atoms with Crippen LogP contribution in [0.25, 0.3) is 0 Å². The van der Waals surface area contributed by atoms with Crippen LogP contribution in [0.2, 0.25) is 5.15 Å². The molecular formula is C14H25ClN4O. The van der Waals surface area contributed by atoms with Crippen molar-refractivity contribution in [2.75, 3.05) is 33.3 Å². The molecule has 1 atom stereocenters. The normalized spacial score (nSPS) is 20.8. The van der Waals surface area contributed by atoms with Crippen LogP contribution >= 0.6 is 11.6 Å². The van der Waals surface area contributed by atoms with Gasteiger partial charge in [-0.15, -0.1) is 0 Å². The van der Waals surface area contributed by atoms with Crippen molar-refractivity contribution in [3.8, 4) is 0 Å². The second-order valence-electron chi connectivity index (χ2n) is 5.82. The van der Waals surface area contributed by atoms with E-state index >= 15 is 0 Å². The number of morpholine rings is 1. The van der Waals surface area contributed by atoms with Crippen molar-refractivity contribution in [2.24, 2.45) is 7.05 Å². The van der Waals surface area contributed by atoms with E-state index in [4.69, 9.17) is 16.3 Å². The van der Waals surface area contributed by atoms with Crippen LogP contribution in [0.5, 0.6) is 0 Å². The highest BCUT2D eigenvalue weighted by Gasteiger charge is 2.19. The Hall–Kier alpha value is -0.620. The molecule has 0 amide bonds. The summed E-state index contributed by atoms with van der Waals surface area (Å²) in [6.45, 7) is 8.67. The largest absolute Gasteiger partial charge is 0.374 e. The lowest BCUT2D eigenvalue weighted by molar-refractivity contribution is -0.0182. The van der Waals surface area contributed by atoms with Crippen molar-refractivity contribution in [2.45, 2.75) is 32.4 Å². The van der Waals surface area contributed by atoms with E-state index < -0.39 is 0 Å². The standard InChI is InChI=1S/C14H25ClN4O/c1-10(2)13-12(14(15)19(4)17-13)8-16-7-11-9-18(3)5-6-20-11/h10-11,16H,5-9H2,1-4H3. The van der Waals surface area contributed by atoms with Crippen LogP contribution < -0.4 is 5.32 Å². The quantitative estimate of drug-likeness (QED) is 0.897. The summed E-state index contributed by atoms with van der Waals surface area (Å²) in [6.07, 6.45) is 0.256. The third-order valence-corrected chi connectivity index (χ3v) is 4.14. The molecule has 1 unspecified atom stereocenters. The third-order valence-electron chi connectivity index (χ3n) is 3.66. The van der Waals surface area contributed by atoms with Crippen molar-refractivity contribution >= 4 is 11.6 Å². The summed E-state index contributed by atoms with van der Waals surface area (Å²) in [5.74, 6) is 0.377. The first kappa shape index (κ1) is 15.8. The van der Waals surface area contributed by atoms with E-state index in [1.54, 1.807) is 4.68 Å². The summed E-state index contributed by atoms with van der Waals surface area (Å²) in [7, 11) is 4.02. The van der Waals surface area contributed by atoms with Crippen molar-refractivity contribution < 1.29 is 4.74 Å². The molecule has 0 radical (unpaired) electrons. The SMILES string of the molecule is CC(C)c1nn(C)c(Cl)c1CNCC1CN(C)CCO1. The average molecular weight is 301 g/mol. The van der Waals surface area contributed by atoms with E-state index in [9.17, 15) is 0 Å². The average Bonchev–Trinajstić information content (AvgIpc) is 2.67. The van der Waals surface area contributed by atoms with Crippen LogP contribution in [-0.2, 0) is 18.3 Å². The first-order valence-electron chi connectivity index (χ1n) is 7.21. The Morgan fingerprint density at radius 3 is 2.85 bits per heavy atom. The van der Waals surface area contributed by atoms with Crippen LogP contribution in [0.1, 0.15) is 31.0 Å². The fourth-order valence-electron chi connectivity index (χ4n) is 2.54. The Balaban J connectivity index is 1.90. The first-order valence-corrected chi connectivity index (χ1v) is 7.59. The predicted octanol–water partition coefficient (Wildman–Crippen LogP) is 1.62. The highest BCUT2D eigenvalue weighted by Crippen LogP contribution is 2.24. The lowest BCUT2D eigenvalue weighted by Gasteiger charge is -2.30. The van der Waals surface area contributed by atoms with Gasteiger partial charge in [0.25, 0.3) is 0 Å². The van der Waals surface area contributed by atoms with Crippen molar-refractivity contribution in [1.29, 1.82) is 0 Å². The molecule has 0 spiro atoms. The highest BCUT2D eigenvalue weighted by molar-refractivity contribution is 6.30. The predicted molar refractivity (Wildman–Crippen MR) is 81.3 cm³/mol. The van der Waals surface area contributed by atoms with Gasteiger partial charge in [-0.1, -0.05) is 25.4 Å². The van der Waals surface area contributed by atoms with Gasteiger partial charge in [0.15, 0.2) is 0 Å². The minimum absolute atomic E-state index is 0.256. The number of nitrogens with zero attached hydrogens (tertiary/aromatic N) is 3. The summed E-state index contributed by atoms with van der Waals surface area (Å²) in [4.78, 5) is 2.30. The third kappa shape index (κ3) is 3.73. The maximum Gasteiger partial charge on any atom is 0.131 e. The zero-order valence-electron chi connectivity index (χ0n) is 12.8. The van der Waals surface area contributed by atoms with Gasteiger partial charge < -0.3 is 15.0 Å². The Morgan fingerprint density at radius 2 is 2.20 bits per heavy atom. The fraction of sp³-hybridized carbons (Fsp3) is 0.786. The molecule has 2 rings (SSSR count). The Labute approximate surface area is 126 Å². The van der Waals surface area contributed by atoms with Gasteiger partial charge in [-0.3, -0.25) is 4.68 Å². The molecule has 1 aliphatic heterocycles. The van der Waals surface area contributed by atoms with E-state index in [2.05, 4.69) is 36.2 Å². The summed E-state index contributed by atoms with van der Waals surface area (Å²) in [5, 5.41) is 8.67. The van der Waals surface area contributed by atoms with E-state index in [-0.39, 0.29) is 6.10 Å². The molecule has 1 fully saturated rings. The van der Waals surface area contributed by atoms with E-state index in [1.807, 2.05) is 7.05 Å². The number of halogens is 1. The minimum Gasteiger partial charge on any atom is -0.374 e. The van der Waals surface area contributed by atoms with Crippen molar-refractivity contribution in [3.05, 3.63) is 16.4 Å². The molecule has 1 aliphatic rings. The van der Waals surface area contributed by atoms with Crippen molar-refractivity contribution in [1.82, 2.24) is 20.0 Å². The molecule has 1 aromatic heterocycles. The summed E-state index contributed by atoms with van der Waals surface area (Å²) in [5.41, 5.74) is 2.18. The molecule has 6 heteroatoms. The number of nitrogens with one attached hydrogen (secondary N) is 1. The first-order chi connectivity index (χ1) is 9.49. The number of rotatable bonds is 5. The van der Waals surface area contributed by atoms with Gasteiger partial charge in [0, 0.05) is 38.8 Å². The van der Waals surface area contributed by atoms with Gasteiger partial charge in [-0.25, -0.2) is 0 Å². The topological polar surface area (TPSA) is 42.3 Å². The lowest BCUT2D eigenvalue weighted by Crippen LogP contribution is -2.44. The number of hydrogen-bond donors (Lipinski definition) is 1. The molecule has 1 aromatic rings. The molecule has 5 nitrogen and oxygen atoms in total.